The van der Waals surface area contributed by atoms with Gasteiger partial charge in [0, 0.05) is 11.6 Å². The summed E-state index contributed by atoms with van der Waals surface area (Å²) in [4.78, 5) is 26.5. The fourth-order valence-corrected chi connectivity index (χ4v) is 2.85. The highest BCUT2D eigenvalue weighted by Crippen LogP contribution is 2.25. The molecule has 2 aromatic carbocycles. The van der Waals surface area contributed by atoms with Crippen LogP contribution in [0.15, 0.2) is 42.5 Å². The number of aryl methyl sites for hydroxylation is 1. The number of amides is 2. The zero-order valence-corrected chi connectivity index (χ0v) is 16.4. The van der Waals surface area contributed by atoms with Crippen molar-refractivity contribution in [2.24, 2.45) is 0 Å². The Morgan fingerprint density at radius 2 is 1.77 bits per heavy atom. The Labute approximate surface area is 164 Å². The lowest BCUT2D eigenvalue weighted by atomic mass is 10.1. The number of rotatable bonds is 7. The number of hydrogen-bond donors (Lipinski definition) is 1. The molecule has 2 amide bonds. The van der Waals surface area contributed by atoms with Gasteiger partial charge in [-0.05, 0) is 37.1 Å². The standard InChI is InChI=1S/C20H22Cl2N2O2/c1-3-10-24(20(26)11-15-6-4-14(2)5-7-15)13-19(25)23-18-12-16(21)8-9-17(18)22/h4-9,12H,3,10-11,13H2,1-2H3,(H,23,25). The van der Waals surface area contributed by atoms with Crippen LogP contribution in [0.3, 0.4) is 0 Å². The van der Waals surface area contributed by atoms with Gasteiger partial charge in [0.25, 0.3) is 0 Å². The Hall–Kier alpha value is -2.04. The zero-order chi connectivity index (χ0) is 19.1. The normalized spacial score (nSPS) is 10.5. The minimum Gasteiger partial charge on any atom is -0.333 e. The molecule has 0 spiro atoms. The van der Waals surface area contributed by atoms with E-state index in [1.165, 1.54) is 0 Å². The Morgan fingerprint density at radius 1 is 1.08 bits per heavy atom. The number of anilines is 1. The molecule has 26 heavy (non-hydrogen) atoms. The minimum atomic E-state index is -0.306. The summed E-state index contributed by atoms with van der Waals surface area (Å²) in [5.41, 5.74) is 2.51. The van der Waals surface area contributed by atoms with Gasteiger partial charge < -0.3 is 10.2 Å². The van der Waals surface area contributed by atoms with Crippen molar-refractivity contribution in [3.8, 4) is 0 Å². The summed E-state index contributed by atoms with van der Waals surface area (Å²) in [6.07, 6.45) is 1.04. The molecule has 2 aromatic rings. The van der Waals surface area contributed by atoms with E-state index in [-0.39, 0.29) is 24.8 Å². The molecular weight excluding hydrogens is 371 g/mol. The maximum Gasteiger partial charge on any atom is 0.244 e. The third kappa shape index (κ3) is 6.04. The molecule has 0 fully saturated rings. The Bertz CT molecular complexity index is 776. The molecule has 0 aromatic heterocycles. The number of nitrogens with zero attached hydrogens (tertiary/aromatic N) is 1. The highest BCUT2D eigenvalue weighted by molar-refractivity contribution is 6.35. The summed E-state index contributed by atoms with van der Waals surface area (Å²) in [5, 5.41) is 3.59. The molecule has 1 N–H and O–H groups in total. The lowest BCUT2D eigenvalue weighted by molar-refractivity contribution is -0.134. The van der Waals surface area contributed by atoms with Crippen LogP contribution in [-0.4, -0.2) is 29.8 Å². The average Bonchev–Trinajstić information content (AvgIpc) is 2.59. The molecule has 0 radical (unpaired) electrons. The monoisotopic (exact) mass is 392 g/mol. The van der Waals surface area contributed by atoms with Gasteiger partial charge in [-0.2, -0.15) is 0 Å². The van der Waals surface area contributed by atoms with E-state index in [1.54, 1.807) is 23.1 Å². The summed E-state index contributed by atoms with van der Waals surface area (Å²) in [6, 6.07) is 12.7. The predicted molar refractivity (Wildman–Crippen MR) is 107 cm³/mol. The Morgan fingerprint density at radius 3 is 2.42 bits per heavy atom. The van der Waals surface area contributed by atoms with Gasteiger partial charge in [-0.15, -0.1) is 0 Å². The van der Waals surface area contributed by atoms with Crippen LogP contribution in [0, 0.1) is 6.92 Å². The molecule has 0 atom stereocenters. The van der Waals surface area contributed by atoms with E-state index >= 15 is 0 Å². The molecule has 0 unspecified atom stereocenters. The molecule has 0 aliphatic rings. The van der Waals surface area contributed by atoms with E-state index < -0.39 is 0 Å². The Balaban J connectivity index is 2.01. The summed E-state index contributed by atoms with van der Waals surface area (Å²) in [5.74, 6) is -0.386. The molecule has 4 nitrogen and oxygen atoms in total. The van der Waals surface area contributed by atoms with E-state index in [0.717, 1.165) is 17.5 Å². The molecule has 0 saturated carbocycles. The molecule has 0 saturated heterocycles. The molecule has 0 heterocycles. The van der Waals surface area contributed by atoms with Gasteiger partial charge in [-0.3, -0.25) is 9.59 Å². The summed E-state index contributed by atoms with van der Waals surface area (Å²) < 4.78 is 0. The van der Waals surface area contributed by atoms with E-state index in [9.17, 15) is 9.59 Å². The third-order valence-corrected chi connectivity index (χ3v) is 4.42. The van der Waals surface area contributed by atoms with E-state index in [4.69, 9.17) is 23.2 Å². The van der Waals surface area contributed by atoms with Crippen molar-refractivity contribution in [2.75, 3.05) is 18.4 Å². The van der Waals surface area contributed by atoms with Crippen LogP contribution in [0.1, 0.15) is 24.5 Å². The van der Waals surface area contributed by atoms with Crippen LogP contribution in [0.5, 0.6) is 0 Å². The fourth-order valence-electron chi connectivity index (χ4n) is 2.51. The summed E-state index contributed by atoms with van der Waals surface area (Å²) in [7, 11) is 0. The number of benzene rings is 2. The number of nitrogens with one attached hydrogen (secondary N) is 1. The van der Waals surface area contributed by atoms with Crippen LogP contribution in [-0.2, 0) is 16.0 Å². The van der Waals surface area contributed by atoms with Crippen molar-refractivity contribution < 1.29 is 9.59 Å². The van der Waals surface area contributed by atoms with E-state index in [1.807, 2.05) is 38.1 Å². The first-order valence-corrected chi connectivity index (χ1v) is 9.23. The fraction of sp³-hybridized carbons (Fsp3) is 0.300. The van der Waals surface area contributed by atoms with Crippen molar-refractivity contribution in [3.63, 3.8) is 0 Å². The van der Waals surface area contributed by atoms with E-state index in [0.29, 0.717) is 22.3 Å². The van der Waals surface area contributed by atoms with Gasteiger partial charge in [-0.25, -0.2) is 0 Å². The van der Waals surface area contributed by atoms with Gasteiger partial charge in [0.15, 0.2) is 0 Å². The van der Waals surface area contributed by atoms with Crippen molar-refractivity contribution in [2.45, 2.75) is 26.7 Å². The van der Waals surface area contributed by atoms with Crippen LogP contribution < -0.4 is 5.32 Å². The lowest BCUT2D eigenvalue weighted by Gasteiger charge is -2.22. The molecule has 0 bridgehead atoms. The number of carbonyl (C=O) groups excluding carboxylic acids is 2. The first-order valence-electron chi connectivity index (χ1n) is 8.47. The molecular formula is C20H22Cl2N2O2. The van der Waals surface area contributed by atoms with Crippen molar-refractivity contribution in [1.82, 2.24) is 4.90 Å². The first-order chi connectivity index (χ1) is 12.4. The Kier molecular flexibility index (Phi) is 7.49. The number of halogens is 2. The molecule has 0 aliphatic carbocycles. The highest BCUT2D eigenvalue weighted by atomic mass is 35.5. The third-order valence-electron chi connectivity index (χ3n) is 3.86. The average molecular weight is 393 g/mol. The maximum absolute atomic E-state index is 12.6. The molecule has 138 valence electrons. The van der Waals surface area contributed by atoms with Crippen LogP contribution in [0.4, 0.5) is 5.69 Å². The van der Waals surface area contributed by atoms with Gasteiger partial charge >= 0.3 is 0 Å². The van der Waals surface area contributed by atoms with Crippen LogP contribution in [0.2, 0.25) is 10.0 Å². The SMILES string of the molecule is CCCN(CC(=O)Nc1cc(Cl)ccc1Cl)C(=O)Cc1ccc(C)cc1. The van der Waals surface area contributed by atoms with Crippen molar-refractivity contribution in [3.05, 3.63) is 63.6 Å². The van der Waals surface area contributed by atoms with Gasteiger partial charge in [0.1, 0.15) is 0 Å². The molecule has 0 aliphatic heterocycles. The lowest BCUT2D eigenvalue weighted by Crippen LogP contribution is -2.39. The molecule has 2 rings (SSSR count). The van der Waals surface area contributed by atoms with Gasteiger partial charge in [0.2, 0.25) is 11.8 Å². The van der Waals surface area contributed by atoms with Gasteiger partial charge in [-0.1, -0.05) is 60.0 Å². The van der Waals surface area contributed by atoms with Crippen molar-refractivity contribution in [1.29, 1.82) is 0 Å². The minimum absolute atomic E-state index is 0.0264. The topological polar surface area (TPSA) is 49.4 Å². The maximum atomic E-state index is 12.6. The second kappa shape index (κ2) is 9.60. The van der Waals surface area contributed by atoms with Gasteiger partial charge in [0.05, 0.1) is 23.7 Å². The second-order valence-electron chi connectivity index (χ2n) is 6.15. The smallest absolute Gasteiger partial charge is 0.244 e. The quantitative estimate of drug-likeness (QED) is 0.740. The first kappa shape index (κ1) is 20.3. The second-order valence-corrected chi connectivity index (χ2v) is 6.99. The predicted octanol–water partition coefficient (Wildman–Crippen LogP) is 4.72. The number of carbonyl (C=O) groups is 2. The van der Waals surface area contributed by atoms with Crippen LogP contribution in [0.25, 0.3) is 0 Å². The molecule has 6 heteroatoms. The number of hydrogen-bond acceptors (Lipinski definition) is 2. The van der Waals surface area contributed by atoms with Crippen molar-refractivity contribution >= 4 is 40.7 Å². The zero-order valence-electron chi connectivity index (χ0n) is 14.9. The summed E-state index contributed by atoms with van der Waals surface area (Å²) >= 11 is 12.0. The summed E-state index contributed by atoms with van der Waals surface area (Å²) in [6.45, 7) is 4.46. The largest absolute Gasteiger partial charge is 0.333 e. The highest BCUT2D eigenvalue weighted by Gasteiger charge is 2.17. The van der Waals surface area contributed by atoms with Crippen LogP contribution >= 0.6 is 23.2 Å². The van der Waals surface area contributed by atoms with E-state index in [2.05, 4.69) is 5.32 Å².